The standard InChI is InChI=1S/C21H23F3/c1-3-5-7-9-13-10-11-15-16-12-14(8-6-4-2)20(23)21(24)18(16)17(15)19(13)22/h10-12H,3-9H2,1-2H3. The van der Waals surface area contributed by atoms with Crippen LogP contribution >= 0.6 is 0 Å². The Labute approximate surface area is 141 Å². The Morgan fingerprint density at radius 3 is 2.04 bits per heavy atom. The van der Waals surface area contributed by atoms with Gasteiger partial charge in [0.05, 0.1) is 0 Å². The molecule has 0 saturated heterocycles. The van der Waals surface area contributed by atoms with Crippen LogP contribution in [0.5, 0.6) is 0 Å². The molecular weight excluding hydrogens is 309 g/mol. The van der Waals surface area contributed by atoms with Crippen LogP contribution in [-0.2, 0) is 12.8 Å². The predicted octanol–water partition coefficient (Wildman–Crippen LogP) is 6.83. The van der Waals surface area contributed by atoms with E-state index in [9.17, 15) is 13.2 Å². The van der Waals surface area contributed by atoms with Gasteiger partial charge in [-0.3, -0.25) is 0 Å². The maximum Gasteiger partial charge on any atom is 0.167 e. The molecule has 0 unspecified atom stereocenters. The second kappa shape index (κ2) is 7.00. The summed E-state index contributed by atoms with van der Waals surface area (Å²) in [6, 6.07) is 5.34. The highest BCUT2D eigenvalue weighted by Crippen LogP contribution is 2.51. The average molecular weight is 332 g/mol. The van der Waals surface area contributed by atoms with Crippen molar-refractivity contribution < 1.29 is 13.2 Å². The van der Waals surface area contributed by atoms with E-state index in [4.69, 9.17) is 0 Å². The first kappa shape index (κ1) is 17.1. The monoisotopic (exact) mass is 332 g/mol. The normalized spacial score (nSPS) is 11.9. The molecule has 0 aliphatic heterocycles. The zero-order valence-corrected chi connectivity index (χ0v) is 14.3. The molecule has 0 saturated carbocycles. The minimum atomic E-state index is -0.893. The van der Waals surface area contributed by atoms with Crippen LogP contribution < -0.4 is 0 Å². The van der Waals surface area contributed by atoms with Gasteiger partial charge in [0, 0.05) is 11.1 Å². The predicted molar refractivity (Wildman–Crippen MR) is 92.6 cm³/mol. The molecule has 0 heterocycles. The third-order valence-electron chi connectivity index (χ3n) is 4.89. The molecule has 1 aliphatic carbocycles. The molecule has 3 rings (SSSR count). The highest BCUT2D eigenvalue weighted by molar-refractivity contribution is 6.03. The number of rotatable bonds is 7. The quantitative estimate of drug-likeness (QED) is 0.416. The van der Waals surface area contributed by atoms with Crippen LogP contribution in [0.4, 0.5) is 13.2 Å². The number of halogens is 3. The Balaban J connectivity index is 1.97. The first-order valence-corrected chi connectivity index (χ1v) is 8.93. The minimum Gasteiger partial charge on any atom is -0.206 e. The van der Waals surface area contributed by atoms with Gasteiger partial charge in [-0.05, 0) is 54.0 Å². The van der Waals surface area contributed by atoms with E-state index in [1.165, 1.54) is 0 Å². The van der Waals surface area contributed by atoms with Crippen LogP contribution in [0.2, 0.25) is 0 Å². The molecule has 0 bridgehead atoms. The third-order valence-corrected chi connectivity index (χ3v) is 4.89. The third kappa shape index (κ3) is 2.74. The smallest absolute Gasteiger partial charge is 0.167 e. The molecule has 0 radical (unpaired) electrons. The van der Waals surface area contributed by atoms with Crippen LogP contribution in [-0.4, -0.2) is 0 Å². The van der Waals surface area contributed by atoms with Crippen LogP contribution in [0.25, 0.3) is 22.3 Å². The van der Waals surface area contributed by atoms with E-state index >= 15 is 0 Å². The molecule has 0 N–H and O–H groups in total. The van der Waals surface area contributed by atoms with Gasteiger partial charge in [-0.25, -0.2) is 13.2 Å². The van der Waals surface area contributed by atoms with Crippen molar-refractivity contribution in [1.82, 2.24) is 0 Å². The fourth-order valence-electron chi connectivity index (χ4n) is 3.47. The number of hydrogen-bond donors (Lipinski definition) is 0. The average Bonchev–Trinajstić information content (AvgIpc) is 2.56. The van der Waals surface area contributed by atoms with E-state index in [-0.39, 0.29) is 16.9 Å². The Kier molecular flexibility index (Phi) is 4.98. The van der Waals surface area contributed by atoms with E-state index in [0.717, 1.165) is 32.1 Å². The Morgan fingerprint density at radius 1 is 0.667 bits per heavy atom. The van der Waals surface area contributed by atoms with E-state index in [2.05, 4.69) is 6.92 Å². The lowest BCUT2D eigenvalue weighted by Crippen LogP contribution is -2.10. The van der Waals surface area contributed by atoms with Gasteiger partial charge >= 0.3 is 0 Å². The lowest BCUT2D eigenvalue weighted by molar-refractivity contribution is 0.497. The highest BCUT2D eigenvalue weighted by atomic mass is 19.2. The molecule has 0 aromatic heterocycles. The summed E-state index contributed by atoms with van der Waals surface area (Å²) >= 11 is 0. The summed E-state index contributed by atoms with van der Waals surface area (Å²) in [4.78, 5) is 0. The zero-order chi connectivity index (χ0) is 17.3. The Hall–Kier alpha value is -1.77. The van der Waals surface area contributed by atoms with Gasteiger partial charge in [0.2, 0.25) is 0 Å². The van der Waals surface area contributed by atoms with E-state index < -0.39 is 11.6 Å². The van der Waals surface area contributed by atoms with Gasteiger partial charge in [0.15, 0.2) is 11.6 Å². The van der Waals surface area contributed by atoms with Crippen LogP contribution in [0.1, 0.15) is 57.1 Å². The topological polar surface area (TPSA) is 0 Å². The van der Waals surface area contributed by atoms with Crippen molar-refractivity contribution in [2.75, 3.05) is 0 Å². The number of unbranched alkanes of at least 4 members (excludes halogenated alkanes) is 3. The van der Waals surface area contributed by atoms with Crippen molar-refractivity contribution in [2.24, 2.45) is 0 Å². The van der Waals surface area contributed by atoms with Crippen molar-refractivity contribution in [2.45, 2.75) is 58.8 Å². The molecule has 0 fully saturated rings. The summed E-state index contributed by atoms with van der Waals surface area (Å²) in [6.45, 7) is 4.11. The Bertz CT molecular complexity index is 762. The van der Waals surface area contributed by atoms with Crippen LogP contribution in [0.15, 0.2) is 18.2 Å². The first-order valence-electron chi connectivity index (χ1n) is 8.93. The van der Waals surface area contributed by atoms with Crippen LogP contribution in [0.3, 0.4) is 0 Å². The zero-order valence-electron chi connectivity index (χ0n) is 14.3. The Morgan fingerprint density at radius 2 is 1.33 bits per heavy atom. The molecule has 2 aromatic carbocycles. The minimum absolute atomic E-state index is 0.123. The molecule has 128 valence electrons. The lowest BCUT2D eigenvalue weighted by atomic mass is 9.77. The summed E-state index contributed by atoms with van der Waals surface area (Å²) in [5, 5.41) is 0. The molecule has 3 heteroatoms. The molecule has 1 aliphatic rings. The molecule has 24 heavy (non-hydrogen) atoms. The van der Waals surface area contributed by atoms with Gasteiger partial charge < -0.3 is 0 Å². The summed E-state index contributed by atoms with van der Waals surface area (Å²) in [6.07, 6.45) is 5.90. The number of fused-ring (bicyclic) bond motifs is 4. The van der Waals surface area contributed by atoms with Crippen molar-refractivity contribution in [1.29, 1.82) is 0 Å². The molecule has 0 spiro atoms. The number of benzene rings is 2. The summed E-state index contributed by atoms with van der Waals surface area (Å²) in [7, 11) is 0. The fraction of sp³-hybridized carbons (Fsp3) is 0.429. The van der Waals surface area contributed by atoms with Crippen molar-refractivity contribution in [3.63, 3.8) is 0 Å². The van der Waals surface area contributed by atoms with Crippen molar-refractivity contribution in [3.05, 3.63) is 46.8 Å². The van der Waals surface area contributed by atoms with Crippen LogP contribution in [0, 0.1) is 17.5 Å². The van der Waals surface area contributed by atoms with Gasteiger partial charge in [-0.15, -0.1) is 0 Å². The second-order valence-corrected chi connectivity index (χ2v) is 6.61. The highest BCUT2D eigenvalue weighted by Gasteiger charge is 2.33. The maximum absolute atomic E-state index is 14.7. The second-order valence-electron chi connectivity index (χ2n) is 6.61. The van der Waals surface area contributed by atoms with Crippen molar-refractivity contribution >= 4 is 0 Å². The van der Waals surface area contributed by atoms with E-state index in [1.54, 1.807) is 12.1 Å². The summed E-state index contributed by atoms with van der Waals surface area (Å²) in [5.74, 6) is -2.09. The number of hydrogen-bond acceptors (Lipinski definition) is 0. The largest absolute Gasteiger partial charge is 0.206 e. The van der Waals surface area contributed by atoms with E-state index in [1.807, 2.05) is 13.0 Å². The van der Waals surface area contributed by atoms with Crippen molar-refractivity contribution in [3.8, 4) is 22.3 Å². The fourth-order valence-corrected chi connectivity index (χ4v) is 3.47. The first-order chi connectivity index (χ1) is 11.6. The van der Waals surface area contributed by atoms with Gasteiger partial charge in [0.25, 0.3) is 0 Å². The van der Waals surface area contributed by atoms with Gasteiger partial charge in [-0.2, -0.15) is 0 Å². The van der Waals surface area contributed by atoms with Gasteiger partial charge in [0.1, 0.15) is 5.82 Å². The summed E-state index contributed by atoms with van der Waals surface area (Å²) < 4.78 is 43.5. The summed E-state index contributed by atoms with van der Waals surface area (Å²) in [5.41, 5.74) is 2.73. The van der Waals surface area contributed by atoms with Gasteiger partial charge in [-0.1, -0.05) is 45.2 Å². The SMILES string of the molecule is CCCCCc1ccc2c(c1F)-c1c-2cc(CCCC)c(F)c1F. The maximum atomic E-state index is 14.7. The number of aryl methyl sites for hydroxylation is 2. The molecule has 0 atom stereocenters. The molecule has 2 aromatic rings. The molecular formula is C21H23F3. The van der Waals surface area contributed by atoms with E-state index in [0.29, 0.717) is 35.1 Å². The molecule has 0 amide bonds. The lowest BCUT2D eigenvalue weighted by Gasteiger charge is -2.27. The molecule has 0 nitrogen and oxygen atoms in total.